The van der Waals surface area contributed by atoms with Crippen LogP contribution in [0, 0.1) is 0 Å². The lowest BCUT2D eigenvalue weighted by Crippen LogP contribution is -2.23. The van der Waals surface area contributed by atoms with E-state index < -0.39 is 0 Å². The number of amides is 1. The molecule has 4 nitrogen and oxygen atoms in total. The number of aliphatic imine (C=N–C) groups is 1. The number of fused-ring (bicyclic) bond motifs is 1. The summed E-state index contributed by atoms with van der Waals surface area (Å²) in [5, 5.41) is 1.84. The van der Waals surface area contributed by atoms with Gasteiger partial charge in [0.2, 0.25) is 0 Å². The maximum absolute atomic E-state index is 12.6. The smallest absolute Gasteiger partial charge is 0.266 e. The number of amidine groups is 1. The largest absolute Gasteiger partial charge is 0.350 e. The average molecular weight is 347 g/mol. The zero-order valence-corrected chi connectivity index (χ0v) is 14.8. The number of para-hydroxylation sites is 2. The topological polar surface area (TPSA) is 37.6 Å². The van der Waals surface area contributed by atoms with Crippen LogP contribution in [0.4, 0.5) is 5.69 Å². The Morgan fingerprint density at radius 2 is 1.72 bits per heavy atom. The third kappa shape index (κ3) is 2.87. The fourth-order valence-electron chi connectivity index (χ4n) is 2.89. The van der Waals surface area contributed by atoms with Gasteiger partial charge in [0.05, 0.1) is 10.6 Å². The van der Waals surface area contributed by atoms with Crippen LogP contribution in [0.3, 0.4) is 0 Å². The first-order valence-electron chi connectivity index (χ1n) is 7.99. The first kappa shape index (κ1) is 15.7. The van der Waals surface area contributed by atoms with Gasteiger partial charge in [-0.1, -0.05) is 36.4 Å². The average Bonchev–Trinajstić information content (AvgIpc) is 3.09. The Hall–Kier alpha value is -2.79. The minimum absolute atomic E-state index is 0.0207. The van der Waals surface area contributed by atoms with Crippen LogP contribution in [0.2, 0.25) is 0 Å². The molecule has 2 aromatic carbocycles. The van der Waals surface area contributed by atoms with Gasteiger partial charge in [0.1, 0.15) is 0 Å². The SMILES string of the molecule is CN1C(=O)C(=Cc2cn(C)c3ccccc23)SC1=Nc1ccccc1. The van der Waals surface area contributed by atoms with E-state index in [9.17, 15) is 4.79 Å². The molecular formula is C20H17N3OS. The summed E-state index contributed by atoms with van der Waals surface area (Å²) in [4.78, 5) is 19.5. The molecule has 0 unspecified atom stereocenters. The number of hydrogen-bond donors (Lipinski definition) is 0. The molecule has 0 radical (unpaired) electrons. The summed E-state index contributed by atoms with van der Waals surface area (Å²) in [7, 11) is 3.78. The van der Waals surface area contributed by atoms with Crippen molar-refractivity contribution in [3.8, 4) is 0 Å². The molecule has 124 valence electrons. The van der Waals surface area contributed by atoms with Crippen LogP contribution in [0.1, 0.15) is 5.56 Å². The molecular weight excluding hydrogens is 330 g/mol. The van der Waals surface area contributed by atoms with E-state index in [0.717, 1.165) is 22.2 Å². The normalized spacial score (nSPS) is 18.0. The Morgan fingerprint density at radius 1 is 1.00 bits per heavy atom. The number of carbonyl (C=O) groups is 1. The predicted molar refractivity (Wildman–Crippen MR) is 105 cm³/mol. The molecule has 0 saturated carbocycles. The van der Waals surface area contributed by atoms with Gasteiger partial charge >= 0.3 is 0 Å². The molecule has 0 atom stereocenters. The van der Waals surface area contributed by atoms with Crippen LogP contribution in [0.15, 0.2) is 70.7 Å². The molecule has 5 heteroatoms. The third-order valence-electron chi connectivity index (χ3n) is 4.20. The van der Waals surface area contributed by atoms with Gasteiger partial charge < -0.3 is 4.57 Å². The van der Waals surface area contributed by atoms with Crippen molar-refractivity contribution in [2.24, 2.45) is 12.0 Å². The summed E-state index contributed by atoms with van der Waals surface area (Å²) in [6.45, 7) is 0. The van der Waals surface area contributed by atoms with Crippen molar-refractivity contribution in [2.45, 2.75) is 0 Å². The van der Waals surface area contributed by atoms with E-state index in [4.69, 9.17) is 0 Å². The second-order valence-corrected chi connectivity index (χ2v) is 6.93. The number of benzene rings is 2. The van der Waals surface area contributed by atoms with Crippen LogP contribution >= 0.6 is 11.8 Å². The number of nitrogens with zero attached hydrogens (tertiary/aromatic N) is 3. The Balaban J connectivity index is 1.72. The molecule has 1 aromatic heterocycles. The van der Waals surface area contributed by atoms with E-state index in [-0.39, 0.29) is 5.91 Å². The molecule has 1 saturated heterocycles. The zero-order chi connectivity index (χ0) is 17.4. The molecule has 4 rings (SSSR count). The highest BCUT2D eigenvalue weighted by Gasteiger charge is 2.30. The Bertz CT molecular complexity index is 1020. The number of aromatic nitrogens is 1. The van der Waals surface area contributed by atoms with Gasteiger partial charge in [0, 0.05) is 36.8 Å². The second kappa shape index (κ2) is 6.26. The summed E-state index contributed by atoms with van der Waals surface area (Å²) >= 11 is 1.41. The molecule has 1 aliphatic rings. The number of hydrogen-bond acceptors (Lipinski definition) is 3. The summed E-state index contributed by atoms with van der Waals surface area (Å²) in [6.07, 6.45) is 4.01. The molecule has 2 heterocycles. The lowest BCUT2D eigenvalue weighted by atomic mass is 10.1. The fraction of sp³-hybridized carbons (Fsp3) is 0.100. The van der Waals surface area contributed by atoms with Crippen LogP contribution in [-0.2, 0) is 11.8 Å². The highest BCUT2D eigenvalue weighted by atomic mass is 32.2. The summed E-state index contributed by atoms with van der Waals surface area (Å²) < 4.78 is 2.08. The van der Waals surface area contributed by atoms with Crippen molar-refractivity contribution in [1.82, 2.24) is 9.47 Å². The molecule has 0 N–H and O–H groups in total. The molecule has 0 bridgehead atoms. The molecule has 1 fully saturated rings. The first-order chi connectivity index (χ1) is 12.1. The third-order valence-corrected chi connectivity index (χ3v) is 5.26. The van der Waals surface area contributed by atoms with Gasteiger partial charge in [0.15, 0.2) is 5.17 Å². The highest BCUT2D eigenvalue weighted by Crippen LogP contribution is 2.34. The second-order valence-electron chi connectivity index (χ2n) is 5.92. The quantitative estimate of drug-likeness (QED) is 0.644. The molecule has 0 aliphatic carbocycles. The highest BCUT2D eigenvalue weighted by molar-refractivity contribution is 8.18. The van der Waals surface area contributed by atoms with Gasteiger partial charge in [-0.3, -0.25) is 9.69 Å². The number of rotatable bonds is 2. The van der Waals surface area contributed by atoms with E-state index in [2.05, 4.69) is 27.9 Å². The summed E-state index contributed by atoms with van der Waals surface area (Å²) in [5.41, 5.74) is 3.04. The molecule has 1 amide bonds. The van der Waals surface area contributed by atoms with Crippen molar-refractivity contribution in [3.05, 3.63) is 71.3 Å². The van der Waals surface area contributed by atoms with Gasteiger partial charge in [-0.15, -0.1) is 0 Å². The van der Waals surface area contributed by atoms with Crippen molar-refractivity contribution >= 4 is 45.5 Å². The molecule has 1 aliphatic heterocycles. The van der Waals surface area contributed by atoms with Crippen molar-refractivity contribution in [1.29, 1.82) is 0 Å². The number of aryl methyl sites for hydroxylation is 1. The van der Waals surface area contributed by atoms with E-state index in [0.29, 0.717) is 10.1 Å². The van der Waals surface area contributed by atoms with Crippen LogP contribution in [0.25, 0.3) is 17.0 Å². The Kier molecular flexibility index (Phi) is 3.93. The standard InChI is InChI=1S/C20H17N3OS/c1-22-13-14(16-10-6-7-11-17(16)22)12-18-19(24)23(2)20(25-18)21-15-8-4-3-5-9-15/h3-13H,1-2H3. The van der Waals surface area contributed by atoms with Gasteiger partial charge in [0.25, 0.3) is 5.91 Å². The van der Waals surface area contributed by atoms with Gasteiger partial charge in [-0.25, -0.2) is 4.99 Å². The number of likely N-dealkylation sites (N-methyl/N-ethyl adjacent to an activating group) is 1. The maximum Gasteiger partial charge on any atom is 0.266 e. The minimum atomic E-state index is -0.0207. The van der Waals surface area contributed by atoms with Gasteiger partial charge in [-0.2, -0.15) is 0 Å². The van der Waals surface area contributed by atoms with E-state index in [1.165, 1.54) is 11.8 Å². The number of thioether (sulfide) groups is 1. The maximum atomic E-state index is 12.6. The summed E-state index contributed by atoms with van der Waals surface area (Å²) in [5.74, 6) is -0.0207. The van der Waals surface area contributed by atoms with Crippen LogP contribution in [-0.4, -0.2) is 27.6 Å². The monoisotopic (exact) mass is 347 g/mol. The van der Waals surface area contributed by atoms with Crippen molar-refractivity contribution in [2.75, 3.05) is 7.05 Å². The summed E-state index contributed by atoms with van der Waals surface area (Å²) in [6, 6.07) is 17.9. The minimum Gasteiger partial charge on any atom is -0.350 e. The molecule has 0 spiro atoms. The van der Waals surface area contributed by atoms with E-state index in [1.807, 2.05) is 55.6 Å². The first-order valence-corrected chi connectivity index (χ1v) is 8.80. The van der Waals surface area contributed by atoms with Crippen molar-refractivity contribution < 1.29 is 4.79 Å². The van der Waals surface area contributed by atoms with Gasteiger partial charge in [-0.05, 0) is 36.0 Å². The lowest BCUT2D eigenvalue weighted by molar-refractivity contribution is -0.121. The zero-order valence-electron chi connectivity index (χ0n) is 14.0. The van der Waals surface area contributed by atoms with E-state index in [1.54, 1.807) is 11.9 Å². The van der Waals surface area contributed by atoms with Crippen LogP contribution < -0.4 is 0 Å². The fourth-order valence-corrected chi connectivity index (χ4v) is 3.87. The van der Waals surface area contributed by atoms with Crippen LogP contribution in [0.5, 0.6) is 0 Å². The number of carbonyl (C=O) groups excluding carboxylic acids is 1. The lowest BCUT2D eigenvalue weighted by Gasteiger charge is -2.06. The van der Waals surface area contributed by atoms with E-state index >= 15 is 0 Å². The molecule has 25 heavy (non-hydrogen) atoms. The Morgan fingerprint density at radius 3 is 2.52 bits per heavy atom. The predicted octanol–water partition coefficient (Wildman–Crippen LogP) is 4.41. The molecule has 3 aromatic rings. The van der Waals surface area contributed by atoms with Crippen molar-refractivity contribution in [3.63, 3.8) is 0 Å². The Labute approximate surface area is 150 Å².